The minimum atomic E-state index is -0.132. The van der Waals surface area contributed by atoms with Gasteiger partial charge < -0.3 is 9.64 Å². The van der Waals surface area contributed by atoms with Gasteiger partial charge in [-0.1, -0.05) is 6.42 Å². The van der Waals surface area contributed by atoms with Crippen molar-refractivity contribution in [3.8, 4) is 0 Å². The molecule has 1 aliphatic heterocycles. The fourth-order valence-electron chi connectivity index (χ4n) is 2.16. The van der Waals surface area contributed by atoms with Gasteiger partial charge in [-0.3, -0.25) is 0 Å². The molecule has 3 heteroatoms. The summed E-state index contributed by atoms with van der Waals surface area (Å²) in [6.45, 7) is 5.63. The van der Waals surface area contributed by atoms with E-state index in [1.54, 1.807) is 0 Å². The molecule has 0 atom stereocenters. The molecule has 1 amide bonds. The fraction of sp³-hybridized carbons (Fsp3) is 0.900. The molecule has 3 nitrogen and oxygen atoms in total. The highest BCUT2D eigenvalue weighted by Gasteiger charge is 2.49. The molecule has 1 spiro atoms. The van der Waals surface area contributed by atoms with Crippen LogP contribution in [0, 0.1) is 5.41 Å². The van der Waals surface area contributed by atoms with Crippen molar-refractivity contribution in [1.29, 1.82) is 0 Å². The van der Waals surface area contributed by atoms with Gasteiger partial charge in [0.15, 0.2) is 0 Å². The van der Waals surface area contributed by atoms with Crippen molar-refractivity contribution in [3.05, 3.63) is 0 Å². The van der Waals surface area contributed by atoms with E-state index in [1.807, 2.05) is 18.7 Å². The summed E-state index contributed by atoms with van der Waals surface area (Å²) in [5, 5.41) is 0. The molecule has 13 heavy (non-hydrogen) atoms. The highest BCUT2D eigenvalue weighted by atomic mass is 16.6. The van der Waals surface area contributed by atoms with E-state index in [2.05, 4.69) is 0 Å². The molecule has 0 aromatic rings. The predicted octanol–water partition coefficient (Wildman–Crippen LogP) is 2.02. The second-order valence-electron chi connectivity index (χ2n) is 4.64. The first kappa shape index (κ1) is 8.85. The van der Waals surface area contributed by atoms with Crippen molar-refractivity contribution >= 4 is 6.09 Å². The number of carbonyl (C=O) groups excluding carboxylic acids is 1. The SMILES string of the molecule is CC(C)OC(=O)N1CC2(CCC2)C1. The maximum absolute atomic E-state index is 11.4. The molecule has 1 aliphatic carbocycles. The summed E-state index contributed by atoms with van der Waals surface area (Å²) in [5.41, 5.74) is 0.510. The van der Waals surface area contributed by atoms with Crippen molar-refractivity contribution < 1.29 is 9.53 Å². The molecule has 0 aromatic carbocycles. The molecular weight excluding hydrogens is 166 g/mol. The fourth-order valence-corrected chi connectivity index (χ4v) is 2.16. The molecule has 74 valence electrons. The van der Waals surface area contributed by atoms with E-state index in [0.717, 1.165) is 13.1 Å². The smallest absolute Gasteiger partial charge is 0.410 e. The van der Waals surface area contributed by atoms with Crippen LogP contribution in [0.4, 0.5) is 4.79 Å². The maximum atomic E-state index is 11.4. The van der Waals surface area contributed by atoms with Gasteiger partial charge in [-0.05, 0) is 26.7 Å². The van der Waals surface area contributed by atoms with Gasteiger partial charge in [-0.15, -0.1) is 0 Å². The monoisotopic (exact) mass is 183 g/mol. The third-order valence-electron chi connectivity index (χ3n) is 3.06. The molecule has 1 saturated heterocycles. The highest BCUT2D eigenvalue weighted by Crippen LogP contribution is 2.48. The maximum Gasteiger partial charge on any atom is 0.410 e. The zero-order chi connectivity index (χ0) is 9.47. The Morgan fingerprint density at radius 2 is 2.00 bits per heavy atom. The Kier molecular flexibility index (Phi) is 1.97. The summed E-state index contributed by atoms with van der Waals surface area (Å²) in [6.07, 6.45) is 3.82. The van der Waals surface area contributed by atoms with Crippen molar-refractivity contribution in [2.75, 3.05) is 13.1 Å². The van der Waals surface area contributed by atoms with Crippen LogP contribution >= 0.6 is 0 Å². The molecule has 2 aliphatic rings. The minimum absolute atomic E-state index is 0.00504. The minimum Gasteiger partial charge on any atom is -0.447 e. The average Bonchev–Trinajstić information content (AvgIpc) is 1.77. The largest absolute Gasteiger partial charge is 0.447 e. The quantitative estimate of drug-likeness (QED) is 0.622. The first-order valence-corrected chi connectivity index (χ1v) is 5.07. The Labute approximate surface area is 79.0 Å². The van der Waals surface area contributed by atoms with Crippen LogP contribution in [0.3, 0.4) is 0 Å². The number of hydrogen-bond acceptors (Lipinski definition) is 2. The van der Waals surface area contributed by atoms with Gasteiger partial charge in [0.1, 0.15) is 0 Å². The Morgan fingerprint density at radius 1 is 1.38 bits per heavy atom. The van der Waals surface area contributed by atoms with Crippen LogP contribution in [0.5, 0.6) is 0 Å². The van der Waals surface area contributed by atoms with Gasteiger partial charge in [-0.25, -0.2) is 4.79 Å². The summed E-state index contributed by atoms with van der Waals surface area (Å²) in [4.78, 5) is 13.2. The molecule has 1 heterocycles. The van der Waals surface area contributed by atoms with E-state index in [4.69, 9.17) is 4.74 Å². The molecule has 1 saturated carbocycles. The van der Waals surface area contributed by atoms with E-state index in [-0.39, 0.29) is 12.2 Å². The Morgan fingerprint density at radius 3 is 2.38 bits per heavy atom. The molecule has 0 unspecified atom stereocenters. The van der Waals surface area contributed by atoms with Crippen LogP contribution < -0.4 is 0 Å². The highest BCUT2D eigenvalue weighted by molar-refractivity contribution is 5.69. The summed E-state index contributed by atoms with van der Waals surface area (Å²) in [6, 6.07) is 0. The summed E-state index contributed by atoms with van der Waals surface area (Å²) < 4.78 is 5.10. The van der Waals surface area contributed by atoms with Gasteiger partial charge >= 0.3 is 6.09 Å². The molecule has 2 rings (SSSR count). The van der Waals surface area contributed by atoms with Crippen LogP contribution in [0.2, 0.25) is 0 Å². The third-order valence-corrected chi connectivity index (χ3v) is 3.06. The number of hydrogen-bond donors (Lipinski definition) is 0. The number of nitrogens with zero attached hydrogens (tertiary/aromatic N) is 1. The van der Waals surface area contributed by atoms with Crippen LogP contribution in [0.15, 0.2) is 0 Å². The normalized spacial score (nSPS) is 24.1. The zero-order valence-corrected chi connectivity index (χ0v) is 8.38. The van der Waals surface area contributed by atoms with Gasteiger partial charge in [0, 0.05) is 18.5 Å². The van der Waals surface area contributed by atoms with E-state index >= 15 is 0 Å². The van der Waals surface area contributed by atoms with Crippen molar-refractivity contribution in [2.45, 2.75) is 39.2 Å². The lowest BCUT2D eigenvalue weighted by atomic mass is 9.64. The Hall–Kier alpha value is -0.730. The molecule has 2 fully saturated rings. The number of likely N-dealkylation sites (tertiary alicyclic amines) is 1. The summed E-state index contributed by atoms with van der Waals surface area (Å²) in [7, 11) is 0. The van der Waals surface area contributed by atoms with Crippen molar-refractivity contribution in [3.63, 3.8) is 0 Å². The summed E-state index contributed by atoms with van der Waals surface area (Å²) >= 11 is 0. The first-order chi connectivity index (χ1) is 6.11. The number of rotatable bonds is 1. The van der Waals surface area contributed by atoms with Crippen molar-refractivity contribution in [1.82, 2.24) is 4.90 Å². The first-order valence-electron chi connectivity index (χ1n) is 5.07. The molecule has 0 bridgehead atoms. The second kappa shape index (κ2) is 2.89. The lowest BCUT2D eigenvalue weighted by molar-refractivity contribution is -0.0573. The van der Waals surface area contributed by atoms with Gasteiger partial charge in [-0.2, -0.15) is 0 Å². The van der Waals surface area contributed by atoms with Gasteiger partial charge in [0.25, 0.3) is 0 Å². The lowest BCUT2D eigenvalue weighted by Gasteiger charge is -2.55. The van der Waals surface area contributed by atoms with Gasteiger partial charge in [0.05, 0.1) is 6.10 Å². The number of carbonyl (C=O) groups is 1. The van der Waals surface area contributed by atoms with Crippen LogP contribution in [-0.2, 0) is 4.74 Å². The standard InChI is InChI=1S/C10H17NO2/c1-8(2)13-9(12)11-6-10(7-11)4-3-5-10/h8H,3-7H2,1-2H3. The Balaban J connectivity index is 1.76. The van der Waals surface area contributed by atoms with E-state index < -0.39 is 0 Å². The van der Waals surface area contributed by atoms with Crippen LogP contribution in [0.25, 0.3) is 0 Å². The predicted molar refractivity (Wildman–Crippen MR) is 49.5 cm³/mol. The third kappa shape index (κ3) is 1.52. The van der Waals surface area contributed by atoms with Crippen molar-refractivity contribution in [2.24, 2.45) is 5.41 Å². The van der Waals surface area contributed by atoms with E-state index in [0.29, 0.717) is 5.41 Å². The lowest BCUT2D eigenvalue weighted by Crippen LogP contribution is -2.61. The summed E-state index contributed by atoms with van der Waals surface area (Å²) in [5.74, 6) is 0. The Bertz CT molecular complexity index is 213. The topological polar surface area (TPSA) is 29.5 Å². The molecular formula is C10H17NO2. The number of amides is 1. The zero-order valence-electron chi connectivity index (χ0n) is 8.38. The van der Waals surface area contributed by atoms with Gasteiger partial charge in [0.2, 0.25) is 0 Å². The second-order valence-corrected chi connectivity index (χ2v) is 4.64. The molecule has 0 radical (unpaired) electrons. The van der Waals surface area contributed by atoms with E-state index in [1.165, 1.54) is 19.3 Å². The van der Waals surface area contributed by atoms with Crippen LogP contribution in [-0.4, -0.2) is 30.2 Å². The molecule has 0 aromatic heterocycles. The number of ether oxygens (including phenoxy) is 1. The van der Waals surface area contributed by atoms with E-state index in [9.17, 15) is 4.79 Å². The average molecular weight is 183 g/mol. The van der Waals surface area contributed by atoms with Crippen LogP contribution in [0.1, 0.15) is 33.1 Å². The molecule has 0 N–H and O–H groups in total.